The van der Waals surface area contributed by atoms with Crippen molar-refractivity contribution in [2.24, 2.45) is 5.92 Å². The van der Waals surface area contributed by atoms with Crippen LogP contribution in [0.1, 0.15) is 13.3 Å². The highest BCUT2D eigenvalue weighted by molar-refractivity contribution is 6.24. The second-order valence-electron chi connectivity index (χ2n) is 12.4. The molecular weight excluding hydrogens is 587 g/mol. The predicted molar refractivity (Wildman–Crippen MR) is 197 cm³/mol. The van der Waals surface area contributed by atoms with E-state index in [4.69, 9.17) is 19.9 Å². The van der Waals surface area contributed by atoms with E-state index >= 15 is 0 Å². The lowest BCUT2D eigenvalue weighted by Crippen LogP contribution is -2.03. The zero-order chi connectivity index (χ0) is 32.0. The normalized spacial score (nSPS) is 14.5. The number of pyridine rings is 1. The molecule has 0 saturated heterocycles. The van der Waals surface area contributed by atoms with Gasteiger partial charge >= 0.3 is 0 Å². The molecule has 1 aliphatic rings. The maximum absolute atomic E-state index is 5.34. The second-order valence-corrected chi connectivity index (χ2v) is 12.4. The highest BCUT2D eigenvalue weighted by atomic mass is 15.0. The van der Waals surface area contributed by atoms with Crippen molar-refractivity contribution in [2.45, 2.75) is 13.3 Å². The molecule has 0 saturated carbocycles. The first kappa shape index (κ1) is 28.1. The topological polar surface area (TPSA) is 56.5 Å². The summed E-state index contributed by atoms with van der Waals surface area (Å²) in [6.45, 7) is 2.28. The summed E-state index contributed by atoms with van der Waals surface area (Å²) in [5.74, 6) is 2.38. The molecule has 0 bridgehead atoms. The molecule has 3 aromatic heterocycles. The van der Waals surface area contributed by atoms with Crippen LogP contribution in [0.15, 0.2) is 152 Å². The SMILES string of the molecule is C[C@@H]1C=C(n2c3ccccc3c3c4ccccc4nc(-c4ccc(-c5nc(-c6ccccc6)nc(-c6ccccc6)n5)cc4)c32)C=CC1. The van der Waals surface area contributed by atoms with Crippen LogP contribution in [0.25, 0.3) is 83.8 Å². The van der Waals surface area contributed by atoms with Gasteiger partial charge in [-0.3, -0.25) is 0 Å². The summed E-state index contributed by atoms with van der Waals surface area (Å²) < 4.78 is 2.41. The molecule has 1 aliphatic carbocycles. The highest BCUT2D eigenvalue weighted by Gasteiger charge is 2.22. The lowest BCUT2D eigenvalue weighted by Gasteiger charge is -2.17. The first-order chi connectivity index (χ1) is 23.7. The molecule has 0 unspecified atom stereocenters. The summed E-state index contributed by atoms with van der Waals surface area (Å²) in [5, 5.41) is 3.60. The Labute approximate surface area is 278 Å². The van der Waals surface area contributed by atoms with E-state index in [-0.39, 0.29) is 0 Å². The minimum atomic E-state index is 0.458. The first-order valence-corrected chi connectivity index (χ1v) is 16.4. The van der Waals surface area contributed by atoms with Crippen LogP contribution in [0.2, 0.25) is 0 Å². The molecule has 48 heavy (non-hydrogen) atoms. The molecule has 228 valence electrons. The number of hydrogen-bond acceptors (Lipinski definition) is 4. The third-order valence-electron chi connectivity index (χ3n) is 9.13. The fraction of sp³-hybridized carbons (Fsp3) is 0.0698. The lowest BCUT2D eigenvalue weighted by atomic mass is 10.0. The fourth-order valence-electron chi connectivity index (χ4n) is 6.84. The molecule has 9 rings (SSSR count). The van der Waals surface area contributed by atoms with E-state index < -0.39 is 0 Å². The van der Waals surface area contributed by atoms with Gasteiger partial charge in [-0.25, -0.2) is 19.9 Å². The summed E-state index contributed by atoms with van der Waals surface area (Å²) in [6.07, 6.45) is 7.96. The van der Waals surface area contributed by atoms with Gasteiger partial charge in [0.15, 0.2) is 17.5 Å². The molecular formula is C43H31N5. The average molecular weight is 618 g/mol. The number of fused-ring (bicyclic) bond motifs is 5. The van der Waals surface area contributed by atoms with Crippen molar-refractivity contribution in [3.63, 3.8) is 0 Å². The zero-order valence-corrected chi connectivity index (χ0v) is 26.5. The minimum absolute atomic E-state index is 0.458. The zero-order valence-electron chi connectivity index (χ0n) is 26.5. The van der Waals surface area contributed by atoms with Gasteiger partial charge in [-0.05, 0) is 30.5 Å². The number of aromatic nitrogens is 5. The van der Waals surface area contributed by atoms with Gasteiger partial charge in [0.1, 0.15) is 0 Å². The van der Waals surface area contributed by atoms with Gasteiger partial charge in [0.05, 0.1) is 22.2 Å². The Hall–Kier alpha value is -6.20. The van der Waals surface area contributed by atoms with Crippen molar-refractivity contribution in [3.8, 4) is 45.4 Å². The molecule has 0 N–H and O–H groups in total. The molecule has 0 amide bonds. The van der Waals surface area contributed by atoms with Crippen LogP contribution in [0, 0.1) is 5.92 Å². The van der Waals surface area contributed by atoms with E-state index in [1.54, 1.807) is 0 Å². The summed E-state index contributed by atoms with van der Waals surface area (Å²) in [7, 11) is 0. The van der Waals surface area contributed by atoms with E-state index in [0.29, 0.717) is 23.4 Å². The first-order valence-electron chi connectivity index (χ1n) is 16.4. The summed E-state index contributed by atoms with van der Waals surface area (Å²) in [4.78, 5) is 20.1. The number of nitrogens with zero attached hydrogens (tertiary/aromatic N) is 5. The van der Waals surface area contributed by atoms with Gasteiger partial charge in [-0.2, -0.15) is 0 Å². The van der Waals surface area contributed by atoms with Crippen molar-refractivity contribution in [1.29, 1.82) is 0 Å². The molecule has 8 aromatic rings. The Kier molecular flexibility index (Phi) is 6.75. The quantitative estimate of drug-likeness (QED) is 0.193. The number of benzene rings is 5. The molecule has 1 atom stereocenters. The van der Waals surface area contributed by atoms with Gasteiger partial charge in [0, 0.05) is 44.1 Å². The lowest BCUT2D eigenvalue weighted by molar-refractivity contribution is 0.735. The summed E-state index contributed by atoms with van der Waals surface area (Å²) in [6, 6.07) is 45.8. The molecule has 5 heteroatoms. The van der Waals surface area contributed by atoms with Gasteiger partial charge < -0.3 is 4.57 Å². The van der Waals surface area contributed by atoms with Crippen molar-refractivity contribution < 1.29 is 0 Å². The molecule has 3 heterocycles. The third-order valence-corrected chi connectivity index (χ3v) is 9.13. The number of para-hydroxylation sites is 2. The Morgan fingerprint density at radius 3 is 1.73 bits per heavy atom. The summed E-state index contributed by atoms with van der Waals surface area (Å²) >= 11 is 0. The fourth-order valence-corrected chi connectivity index (χ4v) is 6.84. The molecule has 0 spiro atoms. The van der Waals surface area contributed by atoms with Crippen LogP contribution in [0.3, 0.4) is 0 Å². The maximum atomic E-state index is 5.34. The van der Waals surface area contributed by atoms with Crippen LogP contribution in [0.5, 0.6) is 0 Å². The Morgan fingerprint density at radius 1 is 0.542 bits per heavy atom. The van der Waals surface area contributed by atoms with Gasteiger partial charge in [-0.1, -0.05) is 140 Å². The van der Waals surface area contributed by atoms with E-state index in [0.717, 1.165) is 50.8 Å². The van der Waals surface area contributed by atoms with Crippen LogP contribution < -0.4 is 0 Å². The van der Waals surface area contributed by atoms with E-state index in [2.05, 4.69) is 103 Å². The molecule has 5 nitrogen and oxygen atoms in total. The predicted octanol–water partition coefficient (Wildman–Crippen LogP) is 10.6. The van der Waals surface area contributed by atoms with Gasteiger partial charge in [0.2, 0.25) is 0 Å². The second kappa shape index (κ2) is 11.6. The number of rotatable bonds is 5. The van der Waals surface area contributed by atoms with Crippen LogP contribution in [-0.2, 0) is 0 Å². The van der Waals surface area contributed by atoms with E-state index in [1.165, 1.54) is 22.0 Å². The molecule has 5 aromatic carbocycles. The highest BCUT2D eigenvalue weighted by Crippen LogP contribution is 2.42. The van der Waals surface area contributed by atoms with Crippen LogP contribution in [-0.4, -0.2) is 24.5 Å². The number of hydrogen-bond donors (Lipinski definition) is 0. The Bertz CT molecular complexity index is 2470. The third kappa shape index (κ3) is 4.79. The molecule has 0 radical (unpaired) electrons. The Balaban J connectivity index is 1.25. The van der Waals surface area contributed by atoms with Crippen molar-refractivity contribution in [2.75, 3.05) is 0 Å². The largest absolute Gasteiger partial charge is 0.307 e. The van der Waals surface area contributed by atoms with Crippen LogP contribution in [0.4, 0.5) is 0 Å². The van der Waals surface area contributed by atoms with Crippen molar-refractivity contribution in [3.05, 3.63) is 152 Å². The van der Waals surface area contributed by atoms with Crippen molar-refractivity contribution >= 4 is 38.4 Å². The average Bonchev–Trinajstić information content (AvgIpc) is 3.51. The van der Waals surface area contributed by atoms with Gasteiger partial charge in [-0.15, -0.1) is 0 Å². The molecule has 0 aliphatic heterocycles. The van der Waals surface area contributed by atoms with Crippen LogP contribution >= 0.6 is 0 Å². The standard InChI is InChI=1S/C43H31N5/c1-28-13-12-18-33(27-28)48-37-22-11-9-20-35(37)38-34-19-8-10-21-36(34)44-39(40(38)48)29-23-25-32(26-24-29)43-46-41(30-14-4-2-5-15-30)45-42(47-43)31-16-6-3-7-17-31/h2-12,14-28H,13H2,1H3/t28-/m0/s1. The minimum Gasteiger partial charge on any atom is -0.307 e. The van der Waals surface area contributed by atoms with Crippen molar-refractivity contribution in [1.82, 2.24) is 24.5 Å². The van der Waals surface area contributed by atoms with E-state index in [9.17, 15) is 0 Å². The molecule has 0 fully saturated rings. The number of allylic oxidation sites excluding steroid dienone is 4. The van der Waals surface area contributed by atoms with Gasteiger partial charge in [0.25, 0.3) is 0 Å². The smallest absolute Gasteiger partial charge is 0.164 e. The Morgan fingerprint density at radius 2 is 1.08 bits per heavy atom. The maximum Gasteiger partial charge on any atom is 0.164 e. The summed E-state index contributed by atoms with van der Waals surface area (Å²) in [5.41, 5.74) is 9.26. The van der Waals surface area contributed by atoms with E-state index in [1.807, 2.05) is 60.7 Å². The monoisotopic (exact) mass is 617 g/mol.